The van der Waals surface area contributed by atoms with Gasteiger partial charge in [0.1, 0.15) is 0 Å². The van der Waals surface area contributed by atoms with Crippen LogP contribution in [0.3, 0.4) is 0 Å². The predicted molar refractivity (Wildman–Crippen MR) is 71.6 cm³/mol. The molecule has 16 heavy (non-hydrogen) atoms. The summed E-state index contributed by atoms with van der Waals surface area (Å²) >= 11 is 1.81. The number of hydrogen-bond donors (Lipinski definition) is 1. The largest absolute Gasteiger partial charge is 0.314 e. The minimum Gasteiger partial charge on any atom is -0.314 e. The lowest BCUT2D eigenvalue weighted by Crippen LogP contribution is -2.41. The molecule has 1 saturated heterocycles. The van der Waals surface area contributed by atoms with Crippen molar-refractivity contribution in [3.63, 3.8) is 0 Å². The van der Waals surface area contributed by atoms with E-state index in [1.165, 1.54) is 11.3 Å². The molecule has 1 aromatic rings. The number of nitrogens with one attached hydrogen (secondary N) is 1. The number of rotatable bonds is 3. The van der Waals surface area contributed by atoms with Gasteiger partial charge in [-0.1, -0.05) is 17.7 Å². The monoisotopic (exact) mass is 237 g/mol. The fourth-order valence-corrected chi connectivity index (χ4v) is 2.61. The van der Waals surface area contributed by atoms with Crippen molar-refractivity contribution in [1.29, 1.82) is 0 Å². The highest BCUT2D eigenvalue weighted by atomic mass is 32.2. The van der Waals surface area contributed by atoms with Crippen molar-refractivity contribution in [2.75, 3.05) is 37.5 Å². The van der Waals surface area contributed by atoms with Crippen LogP contribution in [-0.4, -0.2) is 37.5 Å². The minimum absolute atomic E-state index is 1.09. The number of nitrogens with zero attached hydrogens (tertiary/aromatic N) is 2. The third kappa shape index (κ3) is 3.14. The molecule has 1 fully saturated rings. The number of piperazine rings is 1. The lowest BCUT2D eigenvalue weighted by Gasteiger charge is -2.30. The van der Waals surface area contributed by atoms with Gasteiger partial charge in [0.25, 0.3) is 0 Å². The summed E-state index contributed by atoms with van der Waals surface area (Å²) in [6.45, 7) is 6.53. The Hall–Kier alpha value is -0.710. The van der Waals surface area contributed by atoms with Gasteiger partial charge in [0.2, 0.25) is 0 Å². The number of aryl methyl sites for hydroxylation is 1. The van der Waals surface area contributed by atoms with Gasteiger partial charge < -0.3 is 9.62 Å². The molecular formula is C12H19N3S. The van der Waals surface area contributed by atoms with Gasteiger partial charge in [-0.05, 0) is 19.1 Å². The van der Waals surface area contributed by atoms with E-state index >= 15 is 0 Å². The van der Waals surface area contributed by atoms with Gasteiger partial charge >= 0.3 is 0 Å². The van der Waals surface area contributed by atoms with E-state index < -0.39 is 0 Å². The van der Waals surface area contributed by atoms with E-state index in [-0.39, 0.29) is 0 Å². The van der Waals surface area contributed by atoms with Crippen LogP contribution in [-0.2, 0) is 0 Å². The van der Waals surface area contributed by atoms with Gasteiger partial charge in [0.15, 0.2) is 0 Å². The van der Waals surface area contributed by atoms with Gasteiger partial charge in [-0.25, -0.2) is 4.31 Å². The third-order valence-electron chi connectivity index (χ3n) is 2.71. The van der Waals surface area contributed by atoms with Crippen LogP contribution in [0.25, 0.3) is 0 Å². The lowest BCUT2D eigenvalue weighted by atomic mass is 10.2. The summed E-state index contributed by atoms with van der Waals surface area (Å²) in [6, 6.07) is 8.66. The molecule has 0 saturated carbocycles. The molecule has 88 valence electrons. The van der Waals surface area contributed by atoms with E-state index in [0.29, 0.717) is 0 Å². The topological polar surface area (TPSA) is 18.5 Å². The van der Waals surface area contributed by atoms with Crippen molar-refractivity contribution < 1.29 is 0 Å². The molecule has 1 aliphatic rings. The van der Waals surface area contributed by atoms with Crippen LogP contribution in [0.15, 0.2) is 24.3 Å². The second-order valence-electron chi connectivity index (χ2n) is 4.09. The van der Waals surface area contributed by atoms with Crippen molar-refractivity contribution in [2.45, 2.75) is 6.92 Å². The molecule has 0 radical (unpaired) electrons. The maximum Gasteiger partial charge on any atom is 0.0478 e. The Morgan fingerprint density at radius 1 is 1.19 bits per heavy atom. The average Bonchev–Trinajstić information content (AvgIpc) is 2.31. The molecule has 4 heteroatoms. The number of benzene rings is 1. The molecule has 0 bridgehead atoms. The fraction of sp³-hybridized carbons (Fsp3) is 0.500. The van der Waals surface area contributed by atoms with Gasteiger partial charge in [0, 0.05) is 51.0 Å². The Bertz CT molecular complexity index is 320. The Labute approximate surface area is 102 Å². The van der Waals surface area contributed by atoms with Crippen LogP contribution < -0.4 is 9.62 Å². The summed E-state index contributed by atoms with van der Waals surface area (Å²) in [5.41, 5.74) is 2.57. The van der Waals surface area contributed by atoms with Crippen LogP contribution in [0.5, 0.6) is 0 Å². The molecule has 0 aliphatic carbocycles. The quantitative estimate of drug-likeness (QED) is 0.809. The summed E-state index contributed by atoms with van der Waals surface area (Å²) in [7, 11) is 2.12. The van der Waals surface area contributed by atoms with Crippen LogP contribution in [0.4, 0.5) is 5.69 Å². The molecule has 1 aromatic carbocycles. The normalized spacial score (nSPS) is 17.4. The van der Waals surface area contributed by atoms with E-state index in [1.54, 1.807) is 12.1 Å². The molecule has 0 spiro atoms. The summed E-state index contributed by atoms with van der Waals surface area (Å²) < 4.78 is 4.63. The van der Waals surface area contributed by atoms with Crippen LogP contribution in [0.2, 0.25) is 0 Å². The number of anilines is 1. The molecule has 1 heterocycles. The van der Waals surface area contributed by atoms with Gasteiger partial charge in [-0.15, -0.1) is 0 Å². The molecule has 0 unspecified atom stereocenters. The van der Waals surface area contributed by atoms with E-state index in [9.17, 15) is 0 Å². The van der Waals surface area contributed by atoms with E-state index in [2.05, 4.69) is 52.2 Å². The lowest BCUT2D eigenvalue weighted by molar-refractivity contribution is 0.396. The van der Waals surface area contributed by atoms with Gasteiger partial charge in [-0.3, -0.25) is 0 Å². The summed E-state index contributed by atoms with van der Waals surface area (Å²) in [6.07, 6.45) is 0. The average molecular weight is 237 g/mol. The zero-order valence-electron chi connectivity index (χ0n) is 9.94. The highest BCUT2D eigenvalue weighted by molar-refractivity contribution is 7.98. The Kier molecular flexibility index (Phi) is 4.09. The molecule has 0 aromatic heterocycles. The van der Waals surface area contributed by atoms with Crippen molar-refractivity contribution in [2.24, 2.45) is 0 Å². The molecule has 1 aliphatic heterocycles. The molecular weight excluding hydrogens is 218 g/mol. The SMILES string of the molecule is Cc1ccc(N(C)SN2CCNCC2)cc1. The molecule has 3 nitrogen and oxygen atoms in total. The molecule has 0 atom stereocenters. The second-order valence-corrected chi connectivity index (χ2v) is 5.32. The van der Waals surface area contributed by atoms with Gasteiger partial charge in [-0.2, -0.15) is 0 Å². The zero-order chi connectivity index (χ0) is 11.4. The maximum absolute atomic E-state index is 3.36. The molecule has 2 rings (SSSR count). The fourth-order valence-electron chi connectivity index (χ4n) is 1.70. The Morgan fingerprint density at radius 2 is 1.81 bits per heavy atom. The first-order valence-corrected chi connectivity index (χ1v) is 6.43. The molecule has 1 N–H and O–H groups in total. The van der Waals surface area contributed by atoms with Crippen molar-refractivity contribution in [3.8, 4) is 0 Å². The first-order chi connectivity index (χ1) is 7.75. The van der Waals surface area contributed by atoms with E-state index in [0.717, 1.165) is 26.2 Å². The molecule has 0 amide bonds. The van der Waals surface area contributed by atoms with E-state index in [4.69, 9.17) is 0 Å². The maximum atomic E-state index is 3.36. The zero-order valence-corrected chi connectivity index (χ0v) is 10.8. The van der Waals surface area contributed by atoms with Gasteiger partial charge in [0.05, 0.1) is 0 Å². The standard InChI is InChI=1S/C12H19N3S/c1-11-3-5-12(6-4-11)14(2)16-15-9-7-13-8-10-15/h3-6,13H,7-10H2,1-2H3. The smallest absolute Gasteiger partial charge is 0.0478 e. The first-order valence-electron chi connectivity index (χ1n) is 5.70. The van der Waals surface area contributed by atoms with E-state index in [1.807, 2.05) is 0 Å². The first kappa shape index (κ1) is 11.8. The van der Waals surface area contributed by atoms with Crippen LogP contribution in [0, 0.1) is 6.92 Å². The highest BCUT2D eigenvalue weighted by Crippen LogP contribution is 2.23. The van der Waals surface area contributed by atoms with Crippen molar-refractivity contribution >= 4 is 17.8 Å². The summed E-state index contributed by atoms with van der Waals surface area (Å²) in [5, 5.41) is 3.36. The second kappa shape index (κ2) is 5.57. The summed E-state index contributed by atoms with van der Waals surface area (Å²) in [5.74, 6) is 0. The van der Waals surface area contributed by atoms with Crippen molar-refractivity contribution in [3.05, 3.63) is 29.8 Å². The Balaban J connectivity index is 1.91. The van der Waals surface area contributed by atoms with Crippen LogP contribution >= 0.6 is 12.1 Å². The highest BCUT2D eigenvalue weighted by Gasteiger charge is 2.13. The Morgan fingerprint density at radius 3 is 2.44 bits per heavy atom. The third-order valence-corrected chi connectivity index (χ3v) is 3.76. The summed E-state index contributed by atoms with van der Waals surface area (Å²) in [4.78, 5) is 0. The van der Waals surface area contributed by atoms with Crippen LogP contribution in [0.1, 0.15) is 5.56 Å². The van der Waals surface area contributed by atoms with Crippen molar-refractivity contribution in [1.82, 2.24) is 9.62 Å². The predicted octanol–water partition coefficient (Wildman–Crippen LogP) is 1.90. The minimum atomic E-state index is 1.09. The number of hydrogen-bond acceptors (Lipinski definition) is 4.